The smallest absolute Gasteiger partial charge is 0.254 e. The lowest BCUT2D eigenvalue weighted by Crippen LogP contribution is -2.39. The minimum Gasteiger partial charge on any atom is -0.341 e. The van der Waals surface area contributed by atoms with Crippen molar-refractivity contribution in [1.29, 1.82) is 0 Å². The molecular formula is C21H26Cl2N4O. The summed E-state index contributed by atoms with van der Waals surface area (Å²) in [7, 11) is 1.82. The fraction of sp³-hybridized carbons (Fsp3) is 0.286. The molecule has 0 saturated heterocycles. The SMILES string of the molecule is CN(CC(C)(C)CN)C(=O)c1cc(-c2ccncc2)nc2ccccc12.Cl.Cl. The Morgan fingerprint density at radius 3 is 2.39 bits per heavy atom. The number of rotatable bonds is 5. The van der Waals surface area contributed by atoms with Gasteiger partial charge in [-0.1, -0.05) is 32.0 Å². The Kier molecular flexibility index (Phi) is 8.36. The number of fused-ring (bicyclic) bond motifs is 1. The molecule has 3 rings (SSSR count). The van der Waals surface area contributed by atoms with E-state index < -0.39 is 0 Å². The molecule has 2 N–H and O–H groups in total. The van der Waals surface area contributed by atoms with Crippen LogP contribution in [0.5, 0.6) is 0 Å². The van der Waals surface area contributed by atoms with Gasteiger partial charge in [0.25, 0.3) is 5.91 Å². The van der Waals surface area contributed by atoms with E-state index in [1.54, 1.807) is 17.3 Å². The molecule has 0 radical (unpaired) electrons. The van der Waals surface area contributed by atoms with E-state index >= 15 is 0 Å². The summed E-state index contributed by atoms with van der Waals surface area (Å²) >= 11 is 0. The third kappa shape index (κ3) is 5.19. The summed E-state index contributed by atoms with van der Waals surface area (Å²) in [4.78, 5) is 23.7. The third-order valence-corrected chi connectivity index (χ3v) is 4.49. The van der Waals surface area contributed by atoms with Gasteiger partial charge in [-0.3, -0.25) is 9.78 Å². The number of nitrogens with two attached hydrogens (primary N) is 1. The summed E-state index contributed by atoms with van der Waals surface area (Å²) in [6.07, 6.45) is 3.45. The van der Waals surface area contributed by atoms with Crippen molar-refractivity contribution in [3.05, 3.63) is 60.4 Å². The number of hydrogen-bond acceptors (Lipinski definition) is 4. The van der Waals surface area contributed by atoms with Gasteiger partial charge in [-0.25, -0.2) is 4.98 Å². The van der Waals surface area contributed by atoms with Crippen LogP contribution in [0.1, 0.15) is 24.2 Å². The Hall–Kier alpha value is -2.21. The molecule has 1 aromatic carbocycles. The predicted octanol–water partition coefficient (Wildman–Crippen LogP) is 4.20. The second-order valence-corrected chi connectivity index (χ2v) is 7.34. The summed E-state index contributed by atoms with van der Waals surface area (Å²) in [5.41, 5.74) is 8.85. The summed E-state index contributed by atoms with van der Waals surface area (Å²) in [5.74, 6) is -0.0274. The number of aromatic nitrogens is 2. The standard InChI is InChI=1S/C21H24N4O.2ClH/c1-21(2,13-22)14-25(3)20(26)17-12-19(15-8-10-23-11-9-15)24-18-7-5-4-6-16(17)18;;/h4-12H,13-14,22H2,1-3H3;2*1H. The first-order valence-electron chi connectivity index (χ1n) is 8.67. The summed E-state index contributed by atoms with van der Waals surface area (Å²) < 4.78 is 0. The molecule has 150 valence electrons. The van der Waals surface area contributed by atoms with Crippen LogP contribution in [-0.4, -0.2) is 40.9 Å². The zero-order valence-corrected chi connectivity index (χ0v) is 17.9. The predicted molar refractivity (Wildman–Crippen MR) is 119 cm³/mol. The molecule has 0 atom stereocenters. The summed E-state index contributed by atoms with van der Waals surface area (Å²) in [6, 6.07) is 13.4. The lowest BCUT2D eigenvalue weighted by molar-refractivity contribution is 0.0742. The second-order valence-electron chi connectivity index (χ2n) is 7.34. The van der Waals surface area contributed by atoms with E-state index in [-0.39, 0.29) is 36.1 Å². The molecule has 0 bridgehead atoms. The normalized spacial score (nSPS) is 10.7. The first-order valence-corrected chi connectivity index (χ1v) is 8.67. The average Bonchev–Trinajstić information content (AvgIpc) is 2.67. The van der Waals surface area contributed by atoms with E-state index in [4.69, 9.17) is 10.7 Å². The third-order valence-electron chi connectivity index (χ3n) is 4.49. The minimum absolute atomic E-state index is 0. The zero-order chi connectivity index (χ0) is 18.7. The number of nitrogens with zero attached hydrogens (tertiary/aromatic N) is 3. The molecule has 0 unspecified atom stereocenters. The van der Waals surface area contributed by atoms with Gasteiger partial charge in [-0.05, 0) is 36.2 Å². The average molecular weight is 421 g/mol. The molecule has 2 aromatic heterocycles. The van der Waals surface area contributed by atoms with Gasteiger partial charge >= 0.3 is 0 Å². The van der Waals surface area contributed by atoms with E-state index in [0.717, 1.165) is 22.2 Å². The van der Waals surface area contributed by atoms with Crippen molar-refractivity contribution in [2.45, 2.75) is 13.8 Å². The Bertz CT molecular complexity index is 932. The van der Waals surface area contributed by atoms with Crippen LogP contribution < -0.4 is 5.73 Å². The number of halogens is 2. The molecule has 5 nitrogen and oxygen atoms in total. The molecule has 0 aliphatic carbocycles. The molecule has 28 heavy (non-hydrogen) atoms. The van der Waals surface area contributed by atoms with Gasteiger partial charge in [0.05, 0.1) is 16.8 Å². The van der Waals surface area contributed by atoms with Gasteiger partial charge in [0, 0.05) is 36.9 Å². The van der Waals surface area contributed by atoms with E-state index in [1.165, 1.54) is 0 Å². The van der Waals surface area contributed by atoms with Gasteiger partial charge in [-0.2, -0.15) is 0 Å². The monoisotopic (exact) mass is 420 g/mol. The number of benzene rings is 1. The highest BCUT2D eigenvalue weighted by Gasteiger charge is 2.23. The van der Waals surface area contributed by atoms with E-state index in [0.29, 0.717) is 18.7 Å². The van der Waals surface area contributed by atoms with Crippen LogP contribution in [0.3, 0.4) is 0 Å². The molecule has 7 heteroatoms. The largest absolute Gasteiger partial charge is 0.341 e. The maximum Gasteiger partial charge on any atom is 0.254 e. The number of pyridine rings is 2. The molecule has 1 amide bonds. The number of carbonyl (C=O) groups is 1. The molecule has 0 aliphatic heterocycles. The topological polar surface area (TPSA) is 72.1 Å². The van der Waals surface area contributed by atoms with Crippen molar-refractivity contribution in [2.24, 2.45) is 11.1 Å². The molecule has 0 aliphatic rings. The Morgan fingerprint density at radius 2 is 1.75 bits per heavy atom. The van der Waals surface area contributed by atoms with Crippen LogP contribution in [0.4, 0.5) is 0 Å². The van der Waals surface area contributed by atoms with Crippen LogP contribution in [0.15, 0.2) is 54.9 Å². The Morgan fingerprint density at radius 1 is 1.11 bits per heavy atom. The van der Waals surface area contributed by atoms with E-state index in [2.05, 4.69) is 18.8 Å². The number of hydrogen-bond donors (Lipinski definition) is 1. The van der Waals surface area contributed by atoms with Crippen LogP contribution in [0.25, 0.3) is 22.2 Å². The molecular weight excluding hydrogens is 395 g/mol. The highest BCUT2D eigenvalue weighted by molar-refractivity contribution is 6.07. The van der Waals surface area contributed by atoms with Crippen molar-refractivity contribution in [1.82, 2.24) is 14.9 Å². The molecule has 0 spiro atoms. The van der Waals surface area contributed by atoms with Gasteiger partial charge < -0.3 is 10.6 Å². The van der Waals surface area contributed by atoms with Crippen molar-refractivity contribution in [2.75, 3.05) is 20.1 Å². The van der Waals surface area contributed by atoms with Crippen molar-refractivity contribution < 1.29 is 4.79 Å². The molecule has 2 heterocycles. The molecule has 0 saturated carbocycles. The van der Waals surface area contributed by atoms with Crippen LogP contribution >= 0.6 is 24.8 Å². The summed E-state index contributed by atoms with van der Waals surface area (Å²) in [6.45, 7) is 5.22. The van der Waals surface area contributed by atoms with Gasteiger partial charge in [0.2, 0.25) is 0 Å². The molecule has 3 aromatic rings. The Balaban J connectivity index is 0.00000196. The fourth-order valence-corrected chi connectivity index (χ4v) is 3.01. The van der Waals surface area contributed by atoms with Crippen LogP contribution in [0.2, 0.25) is 0 Å². The highest BCUT2D eigenvalue weighted by Crippen LogP contribution is 2.26. The number of para-hydroxylation sites is 1. The number of carbonyl (C=O) groups excluding carboxylic acids is 1. The first kappa shape index (κ1) is 23.8. The maximum atomic E-state index is 13.2. The minimum atomic E-state index is -0.138. The maximum absolute atomic E-state index is 13.2. The lowest BCUT2D eigenvalue weighted by atomic mass is 9.93. The van der Waals surface area contributed by atoms with Gasteiger partial charge in [-0.15, -0.1) is 24.8 Å². The summed E-state index contributed by atoms with van der Waals surface area (Å²) in [5, 5.41) is 0.854. The zero-order valence-electron chi connectivity index (χ0n) is 16.3. The quantitative estimate of drug-likeness (QED) is 0.670. The van der Waals surface area contributed by atoms with Crippen LogP contribution in [0, 0.1) is 5.41 Å². The lowest BCUT2D eigenvalue weighted by Gasteiger charge is -2.29. The van der Waals surface area contributed by atoms with Crippen molar-refractivity contribution in [3.63, 3.8) is 0 Å². The van der Waals surface area contributed by atoms with Gasteiger partial charge in [0.1, 0.15) is 0 Å². The van der Waals surface area contributed by atoms with Crippen molar-refractivity contribution >= 4 is 41.6 Å². The van der Waals surface area contributed by atoms with E-state index in [9.17, 15) is 4.79 Å². The van der Waals surface area contributed by atoms with Crippen LogP contribution in [-0.2, 0) is 0 Å². The fourth-order valence-electron chi connectivity index (χ4n) is 3.01. The van der Waals surface area contributed by atoms with Gasteiger partial charge in [0.15, 0.2) is 0 Å². The Labute approximate surface area is 178 Å². The number of amides is 1. The van der Waals surface area contributed by atoms with E-state index in [1.807, 2.05) is 49.5 Å². The highest BCUT2D eigenvalue weighted by atomic mass is 35.5. The first-order chi connectivity index (χ1) is 12.4. The van der Waals surface area contributed by atoms with Crippen molar-refractivity contribution in [3.8, 4) is 11.3 Å². The second kappa shape index (κ2) is 9.82. The molecule has 0 fully saturated rings.